The van der Waals surface area contributed by atoms with Crippen molar-refractivity contribution in [3.05, 3.63) is 24.0 Å². The molecule has 0 radical (unpaired) electrons. The summed E-state index contributed by atoms with van der Waals surface area (Å²) in [5.74, 6) is 1.76. The first-order valence-electron chi connectivity index (χ1n) is 6.90. The van der Waals surface area contributed by atoms with E-state index in [1.165, 1.54) is 18.2 Å². The molecule has 0 saturated heterocycles. The highest BCUT2D eigenvalue weighted by molar-refractivity contribution is 5.92. The lowest BCUT2D eigenvalue weighted by Crippen LogP contribution is -2.30. The van der Waals surface area contributed by atoms with Gasteiger partial charge in [0.15, 0.2) is 0 Å². The topological polar surface area (TPSA) is 58.6 Å². The Kier molecular flexibility index (Phi) is 4.81. The van der Waals surface area contributed by atoms with Crippen LogP contribution in [0.15, 0.2) is 18.2 Å². The Morgan fingerprint density at radius 1 is 1.48 bits per heavy atom. The van der Waals surface area contributed by atoms with Crippen LogP contribution in [-0.2, 0) is 4.79 Å². The van der Waals surface area contributed by atoms with Crippen molar-refractivity contribution in [2.24, 2.45) is 0 Å². The zero-order chi connectivity index (χ0) is 15.3. The molecule has 1 aliphatic rings. The van der Waals surface area contributed by atoms with E-state index in [4.69, 9.17) is 11.2 Å². The molecule has 1 aromatic rings. The largest absolute Gasteiger partial charge is 0.479 e. The predicted molar refractivity (Wildman–Crippen MR) is 77.4 cm³/mol. The van der Waals surface area contributed by atoms with E-state index < -0.39 is 11.4 Å². The van der Waals surface area contributed by atoms with Gasteiger partial charge in [0.2, 0.25) is 5.91 Å². The number of carbonyl (C=O) groups is 1. The van der Waals surface area contributed by atoms with Gasteiger partial charge in [-0.1, -0.05) is 18.8 Å². The van der Waals surface area contributed by atoms with E-state index in [9.17, 15) is 14.3 Å². The molecule has 1 amide bonds. The molecule has 5 heteroatoms. The lowest BCUT2D eigenvalue weighted by Gasteiger charge is -2.21. The fourth-order valence-electron chi connectivity index (χ4n) is 2.55. The summed E-state index contributed by atoms with van der Waals surface area (Å²) >= 11 is 0. The maximum Gasteiger partial charge on any atom is 0.227 e. The van der Waals surface area contributed by atoms with E-state index in [1.54, 1.807) is 0 Å². The van der Waals surface area contributed by atoms with Crippen LogP contribution in [0.3, 0.4) is 0 Å². The average molecular weight is 291 g/mol. The first-order valence-corrected chi connectivity index (χ1v) is 6.90. The van der Waals surface area contributed by atoms with Crippen LogP contribution in [-0.4, -0.2) is 23.2 Å². The number of aliphatic hydroxyl groups is 1. The molecule has 0 spiro atoms. The number of anilines is 1. The predicted octanol–water partition coefficient (Wildman–Crippen LogP) is 2.47. The molecule has 1 fully saturated rings. The molecule has 0 atom stereocenters. The summed E-state index contributed by atoms with van der Waals surface area (Å²) in [5, 5.41) is 12.8. The number of halogens is 1. The first kappa shape index (κ1) is 15.3. The van der Waals surface area contributed by atoms with E-state index >= 15 is 0 Å². The molecule has 4 nitrogen and oxygen atoms in total. The van der Waals surface area contributed by atoms with Gasteiger partial charge in [0, 0.05) is 6.07 Å². The Hall–Kier alpha value is -2.06. The molecular formula is C16H18FNO3. The second kappa shape index (κ2) is 6.59. The number of carbonyl (C=O) groups excluding carboxylic acids is 1. The van der Waals surface area contributed by atoms with Crippen molar-refractivity contribution in [3.63, 3.8) is 0 Å². The minimum Gasteiger partial charge on any atom is -0.479 e. The van der Waals surface area contributed by atoms with E-state index in [-0.39, 0.29) is 24.6 Å². The van der Waals surface area contributed by atoms with Crippen molar-refractivity contribution in [2.45, 2.75) is 37.7 Å². The summed E-state index contributed by atoms with van der Waals surface area (Å²) in [6.07, 6.45) is 8.18. The number of hydrogen-bond donors (Lipinski definition) is 2. The third kappa shape index (κ3) is 4.20. The summed E-state index contributed by atoms with van der Waals surface area (Å²) in [5.41, 5.74) is -0.728. The maximum absolute atomic E-state index is 13.3. The molecule has 21 heavy (non-hydrogen) atoms. The standard InChI is InChI=1S/C16H18FNO3/c1-2-9-21-14-6-5-12(17)10-13(14)18-15(19)11-16(20)7-3-4-8-16/h1,5-6,10,20H,3-4,7-9,11H2,(H,18,19). The minimum atomic E-state index is -0.947. The van der Waals surface area contributed by atoms with Crippen LogP contribution in [0.4, 0.5) is 10.1 Å². The van der Waals surface area contributed by atoms with Crippen LogP contribution in [0.2, 0.25) is 0 Å². The third-order valence-corrected chi connectivity index (χ3v) is 3.55. The van der Waals surface area contributed by atoms with Crippen molar-refractivity contribution < 1.29 is 19.0 Å². The van der Waals surface area contributed by atoms with Gasteiger partial charge < -0.3 is 15.2 Å². The molecule has 0 aromatic heterocycles. The average Bonchev–Trinajstić information content (AvgIpc) is 2.84. The van der Waals surface area contributed by atoms with Crippen molar-refractivity contribution >= 4 is 11.6 Å². The molecule has 112 valence electrons. The Balaban J connectivity index is 2.05. The molecule has 2 rings (SSSR count). The smallest absolute Gasteiger partial charge is 0.227 e. The quantitative estimate of drug-likeness (QED) is 0.819. The molecule has 2 N–H and O–H groups in total. The Bertz CT molecular complexity index is 559. The molecule has 1 saturated carbocycles. The van der Waals surface area contributed by atoms with E-state index in [0.717, 1.165) is 12.8 Å². The summed E-state index contributed by atoms with van der Waals surface area (Å²) in [6, 6.07) is 3.81. The zero-order valence-corrected chi connectivity index (χ0v) is 11.7. The SMILES string of the molecule is C#CCOc1ccc(F)cc1NC(=O)CC1(O)CCCC1. The van der Waals surface area contributed by atoms with Gasteiger partial charge in [-0.05, 0) is 25.0 Å². The lowest BCUT2D eigenvalue weighted by molar-refractivity contribution is -0.120. The number of benzene rings is 1. The molecule has 1 aromatic carbocycles. The van der Waals surface area contributed by atoms with Gasteiger partial charge in [0.1, 0.15) is 18.2 Å². The van der Waals surface area contributed by atoms with Gasteiger partial charge in [-0.3, -0.25) is 4.79 Å². The molecular weight excluding hydrogens is 273 g/mol. The minimum absolute atomic E-state index is 0.00189. The number of terminal acetylenes is 1. The van der Waals surface area contributed by atoms with Crippen molar-refractivity contribution in [1.82, 2.24) is 0 Å². The van der Waals surface area contributed by atoms with Gasteiger partial charge in [-0.15, -0.1) is 6.42 Å². The molecule has 0 aliphatic heterocycles. The summed E-state index contributed by atoms with van der Waals surface area (Å²) in [4.78, 5) is 12.0. The number of amides is 1. The first-order chi connectivity index (χ1) is 10.0. The summed E-state index contributed by atoms with van der Waals surface area (Å²) in [6.45, 7) is 0.0262. The Morgan fingerprint density at radius 2 is 2.19 bits per heavy atom. The van der Waals surface area contributed by atoms with Crippen LogP contribution >= 0.6 is 0 Å². The Labute approximate surface area is 123 Å². The molecule has 0 heterocycles. The van der Waals surface area contributed by atoms with Crippen LogP contribution < -0.4 is 10.1 Å². The van der Waals surface area contributed by atoms with Crippen LogP contribution in [0, 0.1) is 18.2 Å². The fourth-order valence-corrected chi connectivity index (χ4v) is 2.55. The number of rotatable bonds is 5. The summed E-state index contributed by atoms with van der Waals surface area (Å²) < 4.78 is 18.6. The van der Waals surface area contributed by atoms with Crippen molar-refractivity contribution in [3.8, 4) is 18.1 Å². The van der Waals surface area contributed by atoms with E-state index in [1.807, 2.05) is 0 Å². The van der Waals surface area contributed by atoms with Crippen LogP contribution in [0.5, 0.6) is 5.75 Å². The van der Waals surface area contributed by atoms with Gasteiger partial charge in [0.05, 0.1) is 17.7 Å². The molecule has 1 aliphatic carbocycles. The highest BCUT2D eigenvalue weighted by Crippen LogP contribution is 2.33. The fraction of sp³-hybridized carbons (Fsp3) is 0.438. The lowest BCUT2D eigenvalue weighted by atomic mass is 9.97. The second-order valence-electron chi connectivity index (χ2n) is 5.29. The second-order valence-corrected chi connectivity index (χ2v) is 5.29. The highest BCUT2D eigenvalue weighted by atomic mass is 19.1. The number of hydrogen-bond acceptors (Lipinski definition) is 3. The highest BCUT2D eigenvalue weighted by Gasteiger charge is 2.33. The zero-order valence-electron chi connectivity index (χ0n) is 11.7. The van der Waals surface area contributed by atoms with Crippen molar-refractivity contribution in [2.75, 3.05) is 11.9 Å². The van der Waals surface area contributed by atoms with Gasteiger partial charge >= 0.3 is 0 Å². The van der Waals surface area contributed by atoms with E-state index in [2.05, 4.69) is 11.2 Å². The van der Waals surface area contributed by atoms with E-state index in [0.29, 0.717) is 18.6 Å². The van der Waals surface area contributed by atoms with Crippen LogP contribution in [0.1, 0.15) is 32.1 Å². The van der Waals surface area contributed by atoms with Gasteiger partial charge in [-0.25, -0.2) is 4.39 Å². The van der Waals surface area contributed by atoms with Gasteiger partial charge in [-0.2, -0.15) is 0 Å². The maximum atomic E-state index is 13.3. The monoisotopic (exact) mass is 291 g/mol. The summed E-state index contributed by atoms with van der Waals surface area (Å²) in [7, 11) is 0. The number of nitrogens with one attached hydrogen (secondary N) is 1. The van der Waals surface area contributed by atoms with Crippen LogP contribution in [0.25, 0.3) is 0 Å². The molecule has 0 bridgehead atoms. The molecule has 0 unspecified atom stereocenters. The van der Waals surface area contributed by atoms with Crippen molar-refractivity contribution in [1.29, 1.82) is 0 Å². The number of ether oxygens (including phenoxy) is 1. The third-order valence-electron chi connectivity index (χ3n) is 3.55. The normalized spacial score (nSPS) is 16.2. The van der Waals surface area contributed by atoms with Gasteiger partial charge in [0.25, 0.3) is 0 Å². The Morgan fingerprint density at radius 3 is 2.86 bits per heavy atom.